The first-order valence-corrected chi connectivity index (χ1v) is 7.93. The second kappa shape index (κ2) is 7.85. The lowest BCUT2D eigenvalue weighted by Crippen LogP contribution is -2.35. The van der Waals surface area contributed by atoms with Crippen molar-refractivity contribution in [2.24, 2.45) is 0 Å². The van der Waals surface area contributed by atoms with Gasteiger partial charge in [-0.1, -0.05) is 24.3 Å². The molecule has 24 heavy (non-hydrogen) atoms. The maximum atomic E-state index is 10.6. The maximum absolute atomic E-state index is 10.6. The quantitative estimate of drug-likeness (QED) is 0.648. The molecule has 3 rings (SSSR count). The van der Waals surface area contributed by atoms with Gasteiger partial charge in [0.05, 0.1) is 18.1 Å². The number of rotatable bonds is 6. The van der Waals surface area contributed by atoms with Crippen molar-refractivity contribution in [3.63, 3.8) is 0 Å². The van der Waals surface area contributed by atoms with Gasteiger partial charge in [0.2, 0.25) is 0 Å². The molecule has 0 saturated carbocycles. The van der Waals surface area contributed by atoms with E-state index in [1.807, 2.05) is 0 Å². The van der Waals surface area contributed by atoms with Crippen LogP contribution in [0.15, 0.2) is 42.6 Å². The highest BCUT2D eigenvalue weighted by molar-refractivity contribution is 5.40. The highest BCUT2D eigenvalue weighted by Gasteiger charge is 2.10. The summed E-state index contributed by atoms with van der Waals surface area (Å²) < 4.78 is 5.36. The molecule has 0 radical (unpaired) electrons. The molecule has 0 unspecified atom stereocenters. The Morgan fingerprint density at radius 3 is 2.46 bits per heavy atom. The van der Waals surface area contributed by atoms with Gasteiger partial charge in [0.15, 0.2) is 0 Å². The van der Waals surface area contributed by atoms with Crippen molar-refractivity contribution in [3.05, 3.63) is 63.8 Å². The Labute approximate surface area is 140 Å². The number of nitrogens with zero attached hydrogens (tertiary/aromatic N) is 3. The van der Waals surface area contributed by atoms with E-state index in [0.29, 0.717) is 12.4 Å². The van der Waals surface area contributed by atoms with Crippen LogP contribution in [0.25, 0.3) is 0 Å². The van der Waals surface area contributed by atoms with Gasteiger partial charge in [-0.2, -0.15) is 0 Å². The minimum absolute atomic E-state index is 0.00647. The number of aromatic nitrogens is 1. The van der Waals surface area contributed by atoms with Crippen molar-refractivity contribution in [1.29, 1.82) is 0 Å². The fraction of sp³-hybridized carbons (Fsp3) is 0.353. The summed E-state index contributed by atoms with van der Waals surface area (Å²) >= 11 is 0. The predicted molar refractivity (Wildman–Crippen MR) is 90.8 cm³/mol. The van der Waals surface area contributed by atoms with Crippen LogP contribution in [0.1, 0.15) is 11.1 Å². The predicted octanol–water partition coefficient (Wildman–Crippen LogP) is 2.43. The Morgan fingerprint density at radius 1 is 1.12 bits per heavy atom. The van der Waals surface area contributed by atoms with Crippen molar-refractivity contribution in [2.45, 2.75) is 13.1 Å². The molecule has 0 bridgehead atoms. The Kier molecular flexibility index (Phi) is 5.35. The fourth-order valence-corrected chi connectivity index (χ4v) is 2.57. The molecule has 7 nitrogen and oxygen atoms in total. The van der Waals surface area contributed by atoms with Crippen molar-refractivity contribution in [2.75, 3.05) is 31.6 Å². The Balaban J connectivity index is 1.51. The van der Waals surface area contributed by atoms with Crippen molar-refractivity contribution >= 4 is 11.5 Å². The average molecular weight is 328 g/mol. The van der Waals surface area contributed by atoms with Crippen LogP contribution in [0, 0.1) is 10.1 Å². The Morgan fingerprint density at radius 2 is 1.83 bits per heavy atom. The van der Waals surface area contributed by atoms with Gasteiger partial charge in [-0.15, -0.1) is 0 Å². The van der Waals surface area contributed by atoms with E-state index in [9.17, 15) is 10.1 Å². The summed E-state index contributed by atoms with van der Waals surface area (Å²) in [6.07, 6.45) is 1.26. The topological polar surface area (TPSA) is 80.5 Å². The second-order valence-corrected chi connectivity index (χ2v) is 5.72. The van der Waals surface area contributed by atoms with Crippen LogP contribution in [-0.4, -0.2) is 41.1 Å². The number of benzene rings is 1. The monoisotopic (exact) mass is 328 g/mol. The minimum Gasteiger partial charge on any atom is -0.379 e. The molecule has 1 saturated heterocycles. The largest absolute Gasteiger partial charge is 0.379 e. The molecule has 1 aliphatic heterocycles. The highest BCUT2D eigenvalue weighted by Crippen LogP contribution is 2.14. The molecule has 2 aromatic rings. The number of nitrogens with one attached hydrogen (secondary N) is 1. The SMILES string of the molecule is O=[N+]([O-])c1ccc(NCc2ccc(CN3CCOCC3)cc2)nc1. The Hall–Kier alpha value is -2.51. The van der Waals surface area contributed by atoms with Gasteiger partial charge in [0.1, 0.15) is 12.0 Å². The molecule has 2 heterocycles. The van der Waals surface area contributed by atoms with E-state index < -0.39 is 4.92 Å². The average Bonchev–Trinajstić information content (AvgIpc) is 2.62. The molecule has 126 valence electrons. The van der Waals surface area contributed by atoms with E-state index in [-0.39, 0.29) is 5.69 Å². The Bertz CT molecular complexity index is 667. The summed E-state index contributed by atoms with van der Waals surface area (Å²) in [6, 6.07) is 11.5. The lowest BCUT2D eigenvalue weighted by molar-refractivity contribution is -0.385. The molecule has 1 aromatic heterocycles. The number of hydrogen-bond acceptors (Lipinski definition) is 6. The molecular weight excluding hydrogens is 308 g/mol. The molecular formula is C17H20N4O3. The standard InChI is InChI=1S/C17H20N4O3/c22-21(23)16-5-6-17(19-12-16)18-11-14-1-3-15(4-2-14)13-20-7-9-24-10-8-20/h1-6,12H,7-11,13H2,(H,18,19). The van der Waals surface area contributed by atoms with E-state index in [0.717, 1.165) is 38.4 Å². The first-order chi connectivity index (χ1) is 11.7. The summed E-state index contributed by atoms with van der Waals surface area (Å²) in [4.78, 5) is 16.6. The van der Waals surface area contributed by atoms with Gasteiger partial charge in [-0.25, -0.2) is 4.98 Å². The van der Waals surface area contributed by atoms with Crippen LogP contribution < -0.4 is 5.32 Å². The second-order valence-electron chi connectivity index (χ2n) is 5.72. The van der Waals surface area contributed by atoms with Gasteiger partial charge in [-0.3, -0.25) is 15.0 Å². The number of hydrogen-bond donors (Lipinski definition) is 1. The molecule has 0 spiro atoms. The third-order valence-corrected chi connectivity index (χ3v) is 3.97. The van der Waals surface area contributed by atoms with Gasteiger partial charge < -0.3 is 10.1 Å². The van der Waals surface area contributed by atoms with Crippen LogP contribution in [0.3, 0.4) is 0 Å². The summed E-state index contributed by atoms with van der Waals surface area (Å²) in [5, 5.41) is 13.8. The van der Waals surface area contributed by atoms with E-state index in [4.69, 9.17) is 4.74 Å². The highest BCUT2D eigenvalue weighted by atomic mass is 16.6. The van der Waals surface area contributed by atoms with Crippen LogP contribution >= 0.6 is 0 Å². The first-order valence-electron chi connectivity index (χ1n) is 7.93. The normalized spacial score (nSPS) is 15.2. The molecule has 0 atom stereocenters. The van der Waals surface area contributed by atoms with E-state index in [1.165, 1.54) is 17.8 Å². The third kappa shape index (κ3) is 4.50. The van der Waals surface area contributed by atoms with Crippen LogP contribution in [0.2, 0.25) is 0 Å². The number of pyridine rings is 1. The lowest BCUT2D eigenvalue weighted by Gasteiger charge is -2.26. The zero-order valence-corrected chi connectivity index (χ0v) is 13.4. The van der Waals surface area contributed by atoms with Gasteiger partial charge >= 0.3 is 0 Å². The first kappa shape index (κ1) is 16.4. The van der Waals surface area contributed by atoms with Crippen LogP contribution in [0.5, 0.6) is 0 Å². The molecule has 0 aliphatic carbocycles. The fourth-order valence-electron chi connectivity index (χ4n) is 2.57. The number of nitro groups is 1. The van der Waals surface area contributed by atoms with Gasteiger partial charge in [0.25, 0.3) is 5.69 Å². The van der Waals surface area contributed by atoms with Crippen LogP contribution in [-0.2, 0) is 17.8 Å². The number of ether oxygens (including phenoxy) is 1. The molecule has 1 aliphatic rings. The van der Waals surface area contributed by atoms with Crippen molar-refractivity contribution in [1.82, 2.24) is 9.88 Å². The van der Waals surface area contributed by atoms with E-state index in [2.05, 4.69) is 39.5 Å². The van der Waals surface area contributed by atoms with Crippen LogP contribution in [0.4, 0.5) is 11.5 Å². The van der Waals surface area contributed by atoms with Gasteiger partial charge in [-0.05, 0) is 17.2 Å². The molecule has 1 aromatic carbocycles. The number of anilines is 1. The van der Waals surface area contributed by atoms with E-state index in [1.54, 1.807) is 6.07 Å². The molecule has 0 amide bonds. The maximum Gasteiger partial charge on any atom is 0.287 e. The smallest absolute Gasteiger partial charge is 0.287 e. The minimum atomic E-state index is -0.454. The zero-order valence-electron chi connectivity index (χ0n) is 13.4. The summed E-state index contributed by atoms with van der Waals surface area (Å²) in [5.74, 6) is 0.623. The van der Waals surface area contributed by atoms with E-state index >= 15 is 0 Å². The molecule has 1 N–H and O–H groups in total. The summed E-state index contributed by atoms with van der Waals surface area (Å²) in [7, 11) is 0. The summed E-state index contributed by atoms with van der Waals surface area (Å²) in [6.45, 7) is 5.16. The lowest BCUT2D eigenvalue weighted by atomic mass is 10.1. The van der Waals surface area contributed by atoms with Crippen molar-refractivity contribution < 1.29 is 9.66 Å². The summed E-state index contributed by atoms with van der Waals surface area (Å²) in [5.41, 5.74) is 2.42. The molecule has 1 fully saturated rings. The van der Waals surface area contributed by atoms with Gasteiger partial charge in [0, 0.05) is 32.2 Å². The zero-order chi connectivity index (χ0) is 16.8. The number of morpholine rings is 1. The van der Waals surface area contributed by atoms with Crippen molar-refractivity contribution in [3.8, 4) is 0 Å². The third-order valence-electron chi connectivity index (χ3n) is 3.97. The molecule has 7 heteroatoms.